The van der Waals surface area contributed by atoms with Crippen LogP contribution in [0.1, 0.15) is 63.9 Å². The van der Waals surface area contributed by atoms with Gasteiger partial charge in [0, 0.05) is 35.5 Å². The quantitative estimate of drug-likeness (QED) is 0.608. The van der Waals surface area contributed by atoms with Gasteiger partial charge in [0.05, 0.1) is 11.3 Å². The van der Waals surface area contributed by atoms with E-state index in [-0.39, 0.29) is 17.6 Å². The van der Waals surface area contributed by atoms with E-state index in [0.29, 0.717) is 31.6 Å². The molecule has 30 heavy (non-hydrogen) atoms. The van der Waals surface area contributed by atoms with Gasteiger partial charge in [-0.2, -0.15) is 18.2 Å². The molecule has 0 bridgehead atoms. The van der Waals surface area contributed by atoms with Crippen LogP contribution >= 0.6 is 11.3 Å². The van der Waals surface area contributed by atoms with Crippen molar-refractivity contribution in [3.63, 3.8) is 0 Å². The third-order valence-electron chi connectivity index (χ3n) is 6.02. The molecule has 0 atom stereocenters. The number of aryl methyl sites for hydroxylation is 1. The average Bonchev–Trinajstić information content (AvgIpc) is 3.37. The number of carbonyl (C=O) groups is 1. The number of amides is 1. The highest BCUT2D eigenvalue weighted by Crippen LogP contribution is 2.34. The standard InChI is InChI=1S/C20H20F3N5OS/c21-20(22,23)18-25-19-24-8-5-15(28(19)26-18)12-6-9-27(10-7-12)17(29)14-11-30-16-4-2-1-3-13(14)16/h5,8,11-12H,1-4,6-7,9-10H2. The Hall–Kier alpha value is -2.49. The molecule has 1 fully saturated rings. The number of hydrogen-bond donors (Lipinski definition) is 0. The first-order chi connectivity index (χ1) is 14.4. The van der Waals surface area contributed by atoms with E-state index in [0.717, 1.165) is 24.8 Å². The van der Waals surface area contributed by atoms with Gasteiger partial charge in [-0.3, -0.25) is 4.79 Å². The molecule has 1 saturated heterocycles. The minimum Gasteiger partial charge on any atom is -0.339 e. The lowest BCUT2D eigenvalue weighted by Crippen LogP contribution is -2.38. The molecule has 6 nitrogen and oxygen atoms in total. The summed E-state index contributed by atoms with van der Waals surface area (Å²) in [5, 5.41) is 5.63. The maximum atomic E-state index is 13.1. The van der Waals surface area contributed by atoms with E-state index in [9.17, 15) is 18.0 Å². The van der Waals surface area contributed by atoms with Crippen LogP contribution in [0.3, 0.4) is 0 Å². The van der Waals surface area contributed by atoms with Gasteiger partial charge in [-0.05, 0) is 50.2 Å². The molecule has 0 unspecified atom stereocenters. The summed E-state index contributed by atoms with van der Waals surface area (Å²) >= 11 is 1.68. The number of fused-ring (bicyclic) bond motifs is 2. The summed E-state index contributed by atoms with van der Waals surface area (Å²) in [6.45, 7) is 1.14. The molecule has 1 aliphatic carbocycles. The zero-order valence-electron chi connectivity index (χ0n) is 16.2. The van der Waals surface area contributed by atoms with Crippen molar-refractivity contribution in [2.45, 2.75) is 50.6 Å². The van der Waals surface area contributed by atoms with Crippen molar-refractivity contribution in [1.29, 1.82) is 0 Å². The van der Waals surface area contributed by atoms with E-state index >= 15 is 0 Å². The lowest BCUT2D eigenvalue weighted by molar-refractivity contribution is -0.144. The van der Waals surface area contributed by atoms with Gasteiger partial charge in [-0.15, -0.1) is 16.4 Å². The Balaban J connectivity index is 1.33. The molecule has 0 aromatic carbocycles. The maximum absolute atomic E-state index is 13.1. The molecule has 2 aliphatic rings. The van der Waals surface area contributed by atoms with Crippen molar-refractivity contribution in [3.05, 3.63) is 45.2 Å². The van der Waals surface area contributed by atoms with Crippen LogP contribution in [0.25, 0.3) is 5.78 Å². The monoisotopic (exact) mass is 435 g/mol. The van der Waals surface area contributed by atoms with Gasteiger partial charge in [0.15, 0.2) is 0 Å². The third-order valence-corrected chi connectivity index (χ3v) is 7.10. The summed E-state index contributed by atoms with van der Waals surface area (Å²) in [7, 11) is 0. The van der Waals surface area contributed by atoms with Crippen LogP contribution in [0.15, 0.2) is 17.6 Å². The first kappa shape index (κ1) is 19.5. The number of alkyl halides is 3. The second kappa shape index (κ2) is 7.33. The first-order valence-electron chi connectivity index (χ1n) is 10.1. The molecule has 3 aromatic heterocycles. The molecule has 1 aliphatic heterocycles. The SMILES string of the molecule is O=C(c1csc2c1CCCC2)N1CCC(c2ccnc3nc(C(F)(F)F)nn23)CC1. The fourth-order valence-electron chi connectivity index (χ4n) is 4.46. The highest BCUT2D eigenvalue weighted by Gasteiger charge is 2.37. The fourth-order valence-corrected chi connectivity index (χ4v) is 5.58. The minimum atomic E-state index is -4.61. The topological polar surface area (TPSA) is 63.4 Å². The number of rotatable bonds is 2. The Morgan fingerprint density at radius 3 is 2.70 bits per heavy atom. The number of halogens is 3. The smallest absolute Gasteiger partial charge is 0.339 e. The molecule has 3 aromatic rings. The Bertz CT molecular complexity index is 1100. The van der Waals surface area contributed by atoms with Gasteiger partial charge in [-0.1, -0.05) is 0 Å². The van der Waals surface area contributed by atoms with Crippen LogP contribution in [-0.2, 0) is 19.0 Å². The van der Waals surface area contributed by atoms with E-state index < -0.39 is 12.0 Å². The first-order valence-corrected chi connectivity index (χ1v) is 11.0. The molecule has 0 N–H and O–H groups in total. The molecule has 0 radical (unpaired) electrons. The Morgan fingerprint density at radius 2 is 1.93 bits per heavy atom. The van der Waals surface area contributed by atoms with Crippen molar-refractivity contribution in [1.82, 2.24) is 24.5 Å². The molecular formula is C20H20F3N5OS. The summed E-state index contributed by atoms with van der Waals surface area (Å²) in [6.07, 6.45) is 2.53. The molecule has 158 valence electrons. The predicted octanol–water partition coefficient (Wildman–Crippen LogP) is 4.10. The van der Waals surface area contributed by atoms with E-state index in [1.165, 1.54) is 27.6 Å². The Labute approximate surface area is 174 Å². The number of aromatic nitrogens is 4. The number of carbonyl (C=O) groups excluding carboxylic acids is 1. The average molecular weight is 435 g/mol. The number of thiophene rings is 1. The molecule has 0 saturated carbocycles. The minimum absolute atomic E-state index is 0.00118. The van der Waals surface area contributed by atoms with E-state index in [1.807, 2.05) is 10.3 Å². The largest absolute Gasteiger partial charge is 0.453 e. The van der Waals surface area contributed by atoms with Gasteiger partial charge in [-0.25, -0.2) is 9.50 Å². The molecule has 0 spiro atoms. The van der Waals surface area contributed by atoms with Gasteiger partial charge in [0.2, 0.25) is 0 Å². The van der Waals surface area contributed by atoms with Crippen LogP contribution in [0.2, 0.25) is 0 Å². The number of likely N-dealkylation sites (tertiary alicyclic amines) is 1. The van der Waals surface area contributed by atoms with Crippen molar-refractivity contribution in [2.75, 3.05) is 13.1 Å². The lowest BCUT2D eigenvalue weighted by Gasteiger charge is -2.32. The van der Waals surface area contributed by atoms with Crippen LogP contribution in [0.5, 0.6) is 0 Å². The zero-order chi connectivity index (χ0) is 20.9. The van der Waals surface area contributed by atoms with Crippen molar-refractivity contribution < 1.29 is 18.0 Å². The van der Waals surface area contributed by atoms with Gasteiger partial charge in [0.1, 0.15) is 0 Å². The Morgan fingerprint density at radius 1 is 1.17 bits per heavy atom. The molecular weight excluding hydrogens is 415 g/mol. The highest BCUT2D eigenvalue weighted by molar-refractivity contribution is 7.10. The van der Waals surface area contributed by atoms with Crippen molar-refractivity contribution in [3.8, 4) is 0 Å². The highest BCUT2D eigenvalue weighted by atomic mass is 32.1. The van der Waals surface area contributed by atoms with E-state index in [4.69, 9.17) is 0 Å². The third kappa shape index (κ3) is 3.36. The Kier molecular flexibility index (Phi) is 4.76. The van der Waals surface area contributed by atoms with E-state index in [2.05, 4.69) is 15.1 Å². The zero-order valence-corrected chi connectivity index (χ0v) is 17.0. The summed E-state index contributed by atoms with van der Waals surface area (Å²) in [5.41, 5.74) is 2.71. The molecule has 10 heteroatoms. The van der Waals surface area contributed by atoms with Gasteiger partial charge in [0.25, 0.3) is 17.5 Å². The van der Waals surface area contributed by atoms with Crippen LogP contribution in [-0.4, -0.2) is 43.5 Å². The maximum Gasteiger partial charge on any atom is 0.453 e. The summed E-state index contributed by atoms with van der Waals surface area (Å²) in [4.78, 5) is 23.7. The van der Waals surface area contributed by atoms with Gasteiger partial charge < -0.3 is 4.90 Å². The van der Waals surface area contributed by atoms with E-state index in [1.54, 1.807) is 17.4 Å². The lowest BCUT2D eigenvalue weighted by atomic mass is 9.92. The molecule has 4 heterocycles. The summed E-state index contributed by atoms with van der Waals surface area (Å²) in [6, 6.07) is 1.69. The normalized spacial score (nSPS) is 18.0. The molecule has 5 rings (SSSR count). The molecule has 1 amide bonds. The second-order valence-corrected chi connectivity index (χ2v) is 8.80. The van der Waals surface area contributed by atoms with Crippen LogP contribution < -0.4 is 0 Å². The second-order valence-electron chi connectivity index (χ2n) is 7.84. The van der Waals surface area contributed by atoms with Crippen LogP contribution in [0, 0.1) is 0 Å². The van der Waals surface area contributed by atoms with Crippen molar-refractivity contribution >= 4 is 23.0 Å². The summed E-state index contributed by atoms with van der Waals surface area (Å²) < 4.78 is 40.2. The predicted molar refractivity (Wildman–Crippen MR) is 105 cm³/mol. The number of nitrogens with zero attached hydrogens (tertiary/aromatic N) is 5. The van der Waals surface area contributed by atoms with Crippen LogP contribution in [0.4, 0.5) is 13.2 Å². The van der Waals surface area contributed by atoms with Gasteiger partial charge >= 0.3 is 6.18 Å². The fraction of sp³-hybridized carbons (Fsp3) is 0.500. The van der Waals surface area contributed by atoms with Crippen molar-refractivity contribution in [2.24, 2.45) is 0 Å². The number of piperidine rings is 1. The number of hydrogen-bond acceptors (Lipinski definition) is 5. The summed E-state index contributed by atoms with van der Waals surface area (Å²) in [5.74, 6) is -1.16.